The second-order valence-electron chi connectivity index (χ2n) is 6.32. The highest BCUT2D eigenvalue weighted by Gasteiger charge is 2.14. The van der Waals surface area contributed by atoms with Crippen LogP contribution in [0.15, 0.2) is 65.1 Å². The van der Waals surface area contributed by atoms with Crippen LogP contribution in [0.3, 0.4) is 0 Å². The van der Waals surface area contributed by atoms with E-state index in [1.807, 2.05) is 55.5 Å². The van der Waals surface area contributed by atoms with Crippen molar-refractivity contribution in [3.05, 3.63) is 91.9 Å². The first-order valence-corrected chi connectivity index (χ1v) is 10.8. The number of allylic oxidation sites excluding steroid dienone is 1. The van der Waals surface area contributed by atoms with Crippen molar-refractivity contribution in [2.24, 2.45) is 0 Å². The van der Waals surface area contributed by atoms with Gasteiger partial charge in [-0.3, -0.25) is 0 Å². The van der Waals surface area contributed by atoms with E-state index >= 15 is 0 Å². The molecule has 0 N–H and O–H groups in total. The summed E-state index contributed by atoms with van der Waals surface area (Å²) in [6.45, 7) is 2.68. The summed E-state index contributed by atoms with van der Waals surface area (Å²) >= 11 is 15.9. The second-order valence-corrected chi connectivity index (χ2v) is 8.02. The normalized spacial score (nSPS) is 11.1. The molecule has 0 amide bonds. The lowest BCUT2D eigenvalue weighted by atomic mass is 10.0. The van der Waals surface area contributed by atoms with Crippen molar-refractivity contribution in [2.75, 3.05) is 6.61 Å². The Morgan fingerprint density at radius 3 is 2.57 bits per heavy atom. The summed E-state index contributed by atoms with van der Waals surface area (Å²) in [6.07, 6.45) is 1.79. The molecule has 3 nitrogen and oxygen atoms in total. The fourth-order valence-electron chi connectivity index (χ4n) is 2.84. The summed E-state index contributed by atoms with van der Waals surface area (Å²) in [6, 6.07) is 20.7. The summed E-state index contributed by atoms with van der Waals surface area (Å²) in [5.74, 6) is 1.16. The van der Waals surface area contributed by atoms with Crippen molar-refractivity contribution in [3.63, 3.8) is 0 Å². The van der Waals surface area contributed by atoms with E-state index < -0.39 is 0 Å². The Labute approximate surface area is 194 Å². The maximum atomic E-state index is 9.62. The van der Waals surface area contributed by atoms with Crippen molar-refractivity contribution in [3.8, 4) is 17.6 Å². The van der Waals surface area contributed by atoms with E-state index in [4.69, 9.17) is 32.7 Å². The van der Waals surface area contributed by atoms with Gasteiger partial charge < -0.3 is 9.47 Å². The molecule has 0 aromatic heterocycles. The van der Waals surface area contributed by atoms with Crippen LogP contribution in [-0.4, -0.2) is 6.61 Å². The standard InChI is InChI=1S/C24H18BrCl2NO2/c1-2-29-23-12-16(10-19(14-28)17-7-5-8-20(26)13-17)11-21(25)24(23)30-15-18-6-3-4-9-22(18)27/h3-13H,2,15H2,1H3/b19-10-. The van der Waals surface area contributed by atoms with Gasteiger partial charge in [-0.25, -0.2) is 0 Å². The molecular formula is C24H18BrCl2NO2. The molecule has 3 aromatic carbocycles. The molecule has 0 heterocycles. The fourth-order valence-corrected chi connectivity index (χ4v) is 3.80. The molecule has 0 radical (unpaired) electrons. The lowest BCUT2D eigenvalue weighted by Crippen LogP contribution is -2.01. The quantitative estimate of drug-likeness (QED) is 0.244. The predicted octanol–water partition coefficient (Wildman–Crippen LogP) is 7.80. The van der Waals surface area contributed by atoms with Crippen LogP contribution < -0.4 is 9.47 Å². The molecular weight excluding hydrogens is 485 g/mol. The number of benzene rings is 3. The molecule has 30 heavy (non-hydrogen) atoms. The van der Waals surface area contributed by atoms with Crippen LogP contribution >= 0.6 is 39.1 Å². The van der Waals surface area contributed by atoms with E-state index in [1.54, 1.807) is 18.2 Å². The van der Waals surface area contributed by atoms with Gasteiger partial charge in [0.1, 0.15) is 6.61 Å². The van der Waals surface area contributed by atoms with Crippen molar-refractivity contribution >= 4 is 50.8 Å². The van der Waals surface area contributed by atoms with Gasteiger partial charge in [0.15, 0.2) is 11.5 Å². The number of hydrogen-bond acceptors (Lipinski definition) is 3. The lowest BCUT2D eigenvalue weighted by Gasteiger charge is -2.15. The zero-order valence-electron chi connectivity index (χ0n) is 16.2. The highest BCUT2D eigenvalue weighted by molar-refractivity contribution is 9.10. The maximum absolute atomic E-state index is 9.62. The van der Waals surface area contributed by atoms with Crippen LogP contribution in [0.4, 0.5) is 0 Å². The van der Waals surface area contributed by atoms with E-state index in [0.29, 0.717) is 40.3 Å². The average molecular weight is 503 g/mol. The van der Waals surface area contributed by atoms with E-state index in [-0.39, 0.29) is 0 Å². The summed E-state index contributed by atoms with van der Waals surface area (Å²) < 4.78 is 12.5. The highest BCUT2D eigenvalue weighted by Crippen LogP contribution is 2.38. The van der Waals surface area contributed by atoms with Gasteiger partial charge in [-0.1, -0.05) is 53.5 Å². The molecule has 0 aliphatic heterocycles. The SMILES string of the molecule is CCOc1cc(/C=C(/C#N)c2cccc(Cl)c2)cc(Br)c1OCc1ccccc1Cl. The monoisotopic (exact) mass is 501 g/mol. The van der Waals surface area contributed by atoms with E-state index in [9.17, 15) is 5.26 Å². The Bertz CT molecular complexity index is 1120. The van der Waals surface area contributed by atoms with Gasteiger partial charge in [0, 0.05) is 15.6 Å². The Kier molecular flexibility index (Phi) is 7.81. The number of rotatable bonds is 7. The molecule has 152 valence electrons. The molecule has 3 rings (SSSR count). The molecule has 3 aromatic rings. The van der Waals surface area contributed by atoms with Crippen LogP contribution in [0.2, 0.25) is 10.0 Å². The summed E-state index contributed by atoms with van der Waals surface area (Å²) in [5.41, 5.74) is 2.92. The van der Waals surface area contributed by atoms with Gasteiger partial charge in [0.25, 0.3) is 0 Å². The van der Waals surface area contributed by atoms with Crippen LogP contribution in [0.5, 0.6) is 11.5 Å². The number of halogens is 3. The zero-order chi connectivity index (χ0) is 21.5. The number of hydrogen-bond donors (Lipinski definition) is 0. The predicted molar refractivity (Wildman–Crippen MR) is 126 cm³/mol. The van der Waals surface area contributed by atoms with Crippen LogP contribution in [-0.2, 0) is 6.61 Å². The Morgan fingerprint density at radius 2 is 1.87 bits per heavy atom. The van der Waals surface area contributed by atoms with Gasteiger partial charge >= 0.3 is 0 Å². The second kappa shape index (κ2) is 10.5. The molecule has 0 saturated heterocycles. The lowest BCUT2D eigenvalue weighted by molar-refractivity contribution is 0.267. The minimum Gasteiger partial charge on any atom is -0.490 e. The Balaban J connectivity index is 1.94. The molecule has 6 heteroatoms. The average Bonchev–Trinajstić information content (AvgIpc) is 2.73. The summed E-state index contributed by atoms with van der Waals surface area (Å²) in [5, 5.41) is 10.8. The molecule has 0 spiro atoms. The van der Waals surface area contributed by atoms with Crippen molar-refractivity contribution in [1.82, 2.24) is 0 Å². The fraction of sp³-hybridized carbons (Fsp3) is 0.125. The molecule has 0 bridgehead atoms. The molecule has 0 fully saturated rings. The number of nitriles is 1. The van der Waals surface area contributed by atoms with Crippen molar-refractivity contribution in [2.45, 2.75) is 13.5 Å². The summed E-state index contributed by atoms with van der Waals surface area (Å²) in [7, 11) is 0. The number of nitrogens with zero attached hydrogens (tertiary/aromatic N) is 1. The smallest absolute Gasteiger partial charge is 0.175 e. The topological polar surface area (TPSA) is 42.2 Å². The van der Waals surface area contributed by atoms with Crippen molar-refractivity contribution in [1.29, 1.82) is 5.26 Å². The van der Waals surface area contributed by atoms with Gasteiger partial charge in [-0.15, -0.1) is 0 Å². The molecule has 0 unspecified atom stereocenters. The van der Waals surface area contributed by atoms with E-state index in [2.05, 4.69) is 22.0 Å². The first-order chi connectivity index (χ1) is 14.5. The molecule has 0 aliphatic carbocycles. The first-order valence-electron chi connectivity index (χ1n) is 9.22. The van der Waals surface area contributed by atoms with E-state index in [0.717, 1.165) is 21.2 Å². The minimum absolute atomic E-state index is 0.305. The Morgan fingerprint density at radius 1 is 1.07 bits per heavy atom. The van der Waals surface area contributed by atoms with E-state index in [1.165, 1.54) is 0 Å². The third-order valence-corrected chi connectivity index (χ3v) is 5.42. The zero-order valence-corrected chi connectivity index (χ0v) is 19.3. The van der Waals surface area contributed by atoms with Gasteiger partial charge in [0.05, 0.1) is 22.7 Å². The van der Waals surface area contributed by atoms with Crippen LogP contribution in [0.1, 0.15) is 23.6 Å². The Hall–Kier alpha value is -2.45. The highest BCUT2D eigenvalue weighted by atomic mass is 79.9. The largest absolute Gasteiger partial charge is 0.490 e. The molecule has 0 saturated carbocycles. The molecule has 0 aliphatic rings. The third-order valence-electron chi connectivity index (χ3n) is 4.23. The number of ether oxygens (including phenoxy) is 2. The van der Waals surface area contributed by atoms with Gasteiger partial charge in [0.2, 0.25) is 0 Å². The maximum Gasteiger partial charge on any atom is 0.175 e. The first kappa shape index (κ1) is 22.2. The summed E-state index contributed by atoms with van der Waals surface area (Å²) in [4.78, 5) is 0. The van der Waals surface area contributed by atoms with Gasteiger partial charge in [-0.2, -0.15) is 5.26 Å². The van der Waals surface area contributed by atoms with Crippen LogP contribution in [0, 0.1) is 11.3 Å². The minimum atomic E-state index is 0.305. The van der Waals surface area contributed by atoms with Gasteiger partial charge in [-0.05, 0) is 70.4 Å². The molecule has 0 atom stereocenters. The van der Waals surface area contributed by atoms with Crippen molar-refractivity contribution < 1.29 is 9.47 Å². The van der Waals surface area contributed by atoms with Crippen LogP contribution in [0.25, 0.3) is 11.6 Å². The third kappa shape index (κ3) is 5.58.